The van der Waals surface area contributed by atoms with Crippen molar-refractivity contribution in [1.29, 1.82) is 0 Å². The van der Waals surface area contributed by atoms with Crippen LogP contribution in [0.4, 0.5) is 5.69 Å². The Morgan fingerprint density at radius 3 is 2.17 bits per heavy atom. The fraction of sp³-hybridized carbons (Fsp3) is 0.533. The second-order valence-corrected chi connectivity index (χ2v) is 7.69. The van der Waals surface area contributed by atoms with Crippen LogP contribution in [0.5, 0.6) is 0 Å². The van der Waals surface area contributed by atoms with Crippen LogP contribution in [-0.2, 0) is 0 Å². The molecule has 0 saturated heterocycles. The summed E-state index contributed by atoms with van der Waals surface area (Å²) in [6.07, 6.45) is 19.1. The van der Waals surface area contributed by atoms with Crippen molar-refractivity contribution in [3.8, 4) is 0 Å². The Morgan fingerprint density at radius 2 is 1.69 bits per heavy atom. The Bertz CT molecular complexity index is 838. The van der Waals surface area contributed by atoms with Crippen LogP contribution in [0.1, 0.15) is 99.6 Å². The van der Waals surface area contributed by atoms with Gasteiger partial charge < -0.3 is 5.32 Å². The summed E-state index contributed by atoms with van der Waals surface area (Å²) in [6, 6.07) is 3.88. The van der Waals surface area contributed by atoms with Gasteiger partial charge in [0.25, 0.3) is 0 Å². The van der Waals surface area contributed by atoms with Crippen molar-refractivity contribution >= 4 is 23.4 Å². The molecule has 0 spiro atoms. The number of unbranched alkanes of at least 4 members (excludes halogenated alkanes) is 4. The number of nitrogens with one attached hydrogen (secondary N) is 1. The third kappa shape index (κ3) is 17.3. The number of amidine groups is 1. The standard InChI is InChI=1S/C21H29N5.C7H16.C2H6/c1-7-11-24-21(26-20-10-12-23-16(4)13-20)17(5)25-15-19(9-3)18(8-2)14-22-6;1-3-5-7-6-4-2;1-2/h7-8,10-15H,9H2,1-6H3,(H,23,24,26);3-7H2,1-2H3;1-2H3/b11-7-,18-8+,19-15+,22-14?,25-17?;;. The van der Waals surface area contributed by atoms with Gasteiger partial charge in [-0.1, -0.05) is 78.9 Å². The van der Waals surface area contributed by atoms with E-state index in [2.05, 4.69) is 46.0 Å². The van der Waals surface area contributed by atoms with Crippen LogP contribution in [0.3, 0.4) is 0 Å². The lowest BCUT2D eigenvalue weighted by molar-refractivity contribution is 0.656. The Labute approximate surface area is 216 Å². The number of rotatable bonds is 11. The Kier molecular flexibility index (Phi) is 23.9. The summed E-state index contributed by atoms with van der Waals surface area (Å²) in [5, 5.41) is 3.32. The minimum absolute atomic E-state index is 0.701. The summed E-state index contributed by atoms with van der Waals surface area (Å²) in [4.78, 5) is 17.4. The van der Waals surface area contributed by atoms with E-state index in [1.807, 2.05) is 78.2 Å². The molecule has 0 atom stereocenters. The molecule has 0 radical (unpaired) electrons. The molecule has 1 rings (SSSR count). The number of pyridine rings is 1. The van der Waals surface area contributed by atoms with Crippen molar-refractivity contribution in [2.45, 2.75) is 101 Å². The lowest BCUT2D eigenvalue weighted by atomic mass is 10.1. The molecule has 1 aromatic rings. The van der Waals surface area contributed by atoms with Crippen molar-refractivity contribution in [3.05, 3.63) is 59.7 Å². The monoisotopic (exact) mass is 481 g/mol. The molecule has 0 saturated carbocycles. The topological polar surface area (TPSA) is 62.0 Å². The number of aliphatic imine (C=N–C) groups is 3. The molecule has 0 amide bonds. The smallest absolute Gasteiger partial charge is 0.151 e. The number of aromatic nitrogens is 1. The number of aryl methyl sites for hydroxylation is 1. The predicted octanol–water partition coefficient (Wildman–Crippen LogP) is 9.14. The van der Waals surface area contributed by atoms with E-state index in [9.17, 15) is 0 Å². The van der Waals surface area contributed by atoms with Gasteiger partial charge in [0.05, 0.1) is 5.71 Å². The van der Waals surface area contributed by atoms with Gasteiger partial charge >= 0.3 is 0 Å². The minimum atomic E-state index is 0.701. The molecule has 0 fully saturated rings. The highest BCUT2D eigenvalue weighted by atomic mass is 15.0. The zero-order chi connectivity index (χ0) is 26.9. The summed E-state index contributed by atoms with van der Waals surface area (Å²) >= 11 is 0. The van der Waals surface area contributed by atoms with E-state index in [0.717, 1.165) is 34.7 Å². The van der Waals surface area contributed by atoms with Crippen LogP contribution in [0.2, 0.25) is 0 Å². The third-order valence-corrected chi connectivity index (χ3v) is 4.81. The van der Waals surface area contributed by atoms with Crippen molar-refractivity contribution in [3.63, 3.8) is 0 Å². The van der Waals surface area contributed by atoms with Gasteiger partial charge in [-0.15, -0.1) is 0 Å². The molecule has 5 heteroatoms. The molecule has 0 unspecified atom stereocenters. The molecule has 0 aromatic carbocycles. The average Bonchev–Trinajstić information content (AvgIpc) is 2.88. The van der Waals surface area contributed by atoms with E-state index in [-0.39, 0.29) is 0 Å². The van der Waals surface area contributed by atoms with Crippen molar-refractivity contribution < 1.29 is 0 Å². The van der Waals surface area contributed by atoms with E-state index in [1.165, 1.54) is 32.1 Å². The Hall–Kier alpha value is -2.82. The molecule has 1 N–H and O–H groups in total. The molecule has 1 heterocycles. The summed E-state index contributed by atoms with van der Waals surface area (Å²) in [5.74, 6) is 0.701. The highest BCUT2D eigenvalue weighted by molar-refractivity contribution is 6.45. The van der Waals surface area contributed by atoms with Crippen LogP contribution >= 0.6 is 0 Å². The van der Waals surface area contributed by atoms with E-state index in [4.69, 9.17) is 0 Å². The minimum Gasteiger partial charge on any atom is -0.339 e. The fourth-order valence-electron chi connectivity index (χ4n) is 2.89. The second kappa shape index (κ2) is 24.3. The molecule has 35 heavy (non-hydrogen) atoms. The van der Waals surface area contributed by atoms with Gasteiger partial charge in [-0.05, 0) is 57.4 Å². The first-order valence-corrected chi connectivity index (χ1v) is 13.2. The fourth-order valence-corrected chi connectivity index (χ4v) is 2.89. The average molecular weight is 482 g/mol. The summed E-state index contributed by atoms with van der Waals surface area (Å²) in [5.41, 5.74) is 4.88. The number of nitrogens with zero attached hydrogens (tertiary/aromatic N) is 4. The van der Waals surface area contributed by atoms with Crippen molar-refractivity contribution in [2.75, 3.05) is 12.4 Å². The van der Waals surface area contributed by atoms with E-state index in [0.29, 0.717) is 5.84 Å². The van der Waals surface area contributed by atoms with Crippen LogP contribution in [0, 0.1) is 6.92 Å². The number of allylic oxidation sites excluding steroid dienone is 4. The lowest BCUT2D eigenvalue weighted by Crippen LogP contribution is -2.20. The van der Waals surface area contributed by atoms with Gasteiger partial charge in [0, 0.05) is 43.2 Å². The predicted molar refractivity (Wildman–Crippen MR) is 160 cm³/mol. The molecule has 0 aliphatic carbocycles. The Balaban J connectivity index is 0. The molecule has 0 aliphatic rings. The molecular weight excluding hydrogens is 430 g/mol. The number of hydrogen-bond donors (Lipinski definition) is 1. The molecule has 5 nitrogen and oxygen atoms in total. The molecule has 196 valence electrons. The van der Waals surface area contributed by atoms with Gasteiger partial charge in [0.2, 0.25) is 0 Å². The van der Waals surface area contributed by atoms with Gasteiger partial charge in [-0.2, -0.15) is 0 Å². The van der Waals surface area contributed by atoms with Gasteiger partial charge in [0.1, 0.15) is 0 Å². The first kappa shape index (κ1) is 34.3. The SMILES string of the molecule is C/C=C\N=C(Nc1ccnc(C)c1)C(C)=N/C=C(CC)/C(C=NC)=C/C.CC.CCCCCCC. The van der Waals surface area contributed by atoms with Gasteiger partial charge in [-0.25, -0.2) is 4.99 Å². The van der Waals surface area contributed by atoms with E-state index < -0.39 is 0 Å². The van der Waals surface area contributed by atoms with Gasteiger partial charge in [0.15, 0.2) is 5.84 Å². The lowest BCUT2D eigenvalue weighted by Gasteiger charge is -2.10. The summed E-state index contributed by atoms with van der Waals surface area (Å²) in [6.45, 7) is 18.4. The van der Waals surface area contributed by atoms with Crippen LogP contribution in [0.15, 0.2) is 69.0 Å². The van der Waals surface area contributed by atoms with Crippen LogP contribution in [0.25, 0.3) is 0 Å². The summed E-state index contributed by atoms with van der Waals surface area (Å²) < 4.78 is 0. The number of hydrogen-bond acceptors (Lipinski definition) is 4. The Morgan fingerprint density at radius 1 is 1.03 bits per heavy atom. The summed E-state index contributed by atoms with van der Waals surface area (Å²) in [7, 11) is 1.77. The third-order valence-electron chi connectivity index (χ3n) is 4.81. The first-order valence-electron chi connectivity index (χ1n) is 13.2. The maximum absolute atomic E-state index is 4.63. The second-order valence-electron chi connectivity index (χ2n) is 7.69. The van der Waals surface area contributed by atoms with Crippen LogP contribution in [-0.4, -0.2) is 29.8 Å². The van der Waals surface area contributed by atoms with Crippen LogP contribution < -0.4 is 5.32 Å². The molecular formula is C30H51N5. The highest BCUT2D eigenvalue weighted by Crippen LogP contribution is 2.13. The van der Waals surface area contributed by atoms with Gasteiger partial charge in [-0.3, -0.25) is 15.0 Å². The van der Waals surface area contributed by atoms with Crippen molar-refractivity contribution in [1.82, 2.24) is 4.98 Å². The molecule has 1 aromatic heterocycles. The largest absolute Gasteiger partial charge is 0.339 e. The maximum atomic E-state index is 4.63. The normalized spacial score (nSPS) is 12.9. The van der Waals surface area contributed by atoms with E-state index >= 15 is 0 Å². The van der Waals surface area contributed by atoms with Crippen molar-refractivity contribution in [2.24, 2.45) is 15.0 Å². The highest BCUT2D eigenvalue weighted by Gasteiger charge is 2.05. The number of anilines is 1. The first-order chi connectivity index (χ1) is 17.0. The zero-order valence-corrected chi connectivity index (χ0v) is 24.2. The maximum Gasteiger partial charge on any atom is 0.151 e. The molecule has 0 bridgehead atoms. The quantitative estimate of drug-likeness (QED) is 0.148. The molecule has 0 aliphatic heterocycles. The zero-order valence-electron chi connectivity index (χ0n) is 24.2. The van der Waals surface area contributed by atoms with E-state index in [1.54, 1.807) is 19.4 Å².